The van der Waals surface area contributed by atoms with Crippen LogP contribution in [-0.4, -0.2) is 38.4 Å². The van der Waals surface area contributed by atoms with Gasteiger partial charge in [0.1, 0.15) is 0 Å². The second-order valence-corrected chi connectivity index (χ2v) is 8.91. The van der Waals surface area contributed by atoms with Gasteiger partial charge in [-0.2, -0.15) is 0 Å². The number of anilines is 1. The molecule has 2 heterocycles. The van der Waals surface area contributed by atoms with Crippen molar-refractivity contribution in [3.05, 3.63) is 59.7 Å². The van der Waals surface area contributed by atoms with Crippen LogP contribution in [0.4, 0.5) is 5.69 Å². The molecule has 1 fully saturated rings. The molecule has 1 unspecified atom stereocenters. The normalized spacial score (nSPS) is 20.3. The lowest BCUT2D eigenvalue weighted by molar-refractivity contribution is -0.116. The van der Waals surface area contributed by atoms with Crippen molar-refractivity contribution in [2.45, 2.75) is 36.7 Å². The number of hydrogen-bond donors (Lipinski definition) is 2. The molecule has 0 radical (unpaired) electrons. The van der Waals surface area contributed by atoms with E-state index in [0.29, 0.717) is 25.1 Å². The maximum atomic E-state index is 12.8. The molecule has 2 aromatic carbocycles. The van der Waals surface area contributed by atoms with Gasteiger partial charge in [0.2, 0.25) is 15.9 Å². The standard InChI is InChI=1S/C20H23N3O3S/c24-20-9-6-16-12-18(7-8-19(16)21-20)27(25,26)22-17-10-11-23(14-17)13-15-4-2-1-3-5-15/h1-5,7-8,12,17,22H,6,9-11,13-14H2,(H,21,24). The van der Waals surface area contributed by atoms with E-state index in [0.717, 1.165) is 25.1 Å². The Morgan fingerprint density at radius 2 is 1.93 bits per heavy atom. The van der Waals surface area contributed by atoms with Crippen molar-refractivity contribution in [1.29, 1.82) is 0 Å². The molecular formula is C20H23N3O3S. The van der Waals surface area contributed by atoms with E-state index in [1.807, 2.05) is 18.2 Å². The number of carbonyl (C=O) groups is 1. The summed E-state index contributed by atoms with van der Waals surface area (Å²) in [6.45, 7) is 2.41. The Balaban J connectivity index is 1.41. The topological polar surface area (TPSA) is 78.5 Å². The van der Waals surface area contributed by atoms with Gasteiger partial charge in [0.25, 0.3) is 0 Å². The van der Waals surface area contributed by atoms with Gasteiger partial charge >= 0.3 is 0 Å². The summed E-state index contributed by atoms with van der Waals surface area (Å²) in [6, 6.07) is 15.0. The van der Waals surface area contributed by atoms with Crippen LogP contribution in [0.2, 0.25) is 0 Å². The maximum Gasteiger partial charge on any atom is 0.240 e. The summed E-state index contributed by atoms with van der Waals surface area (Å²) in [4.78, 5) is 14.0. The van der Waals surface area contributed by atoms with Crippen molar-refractivity contribution in [2.75, 3.05) is 18.4 Å². The van der Waals surface area contributed by atoms with Crippen LogP contribution in [0.15, 0.2) is 53.4 Å². The summed E-state index contributed by atoms with van der Waals surface area (Å²) in [5.41, 5.74) is 2.81. The van der Waals surface area contributed by atoms with Gasteiger partial charge in [0, 0.05) is 37.8 Å². The zero-order chi connectivity index (χ0) is 18.9. The van der Waals surface area contributed by atoms with Crippen molar-refractivity contribution < 1.29 is 13.2 Å². The molecule has 0 aromatic heterocycles. The molecule has 0 saturated carbocycles. The minimum absolute atomic E-state index is 0.0271. The van der Waals surface area contributed by atoms with Gasteiger partial charge in [0.05, 0.1) is 4.90 Å². The lowest BCUT2D eigenvalue weighted by Gasteiger charge is -2.19. The highest BCUT2D eigenvalue weighted by Crippen LogP contribution is 2.26. The number of rotatable bonds is 5. The third-order valence-corrected chi connectivity index (χ3v) is 6.64. The van der Waals surface area contributed by atoms with Crippen molar-refractivity contribution in [3.8, 4) is 0 Å². The number of benzene rings is 2. The minimum Gasteiger partial charge on any atom is -0.326 e. The van der Waals surface area contributed by atoms with Crippen LogP contribution >= 0.6 is 0 Å². The molecule has 2 aromatic rings. The lowest BCUT2D eigenvalue weighted by atomic mass is 10.0. The second-order valence-electron chi connectivity index (χ2n) is 7.19. The summed E-state index contributed by atoms with van der Waals surface area (Å²) in [5.74, 6) is -0.0271. The minimum atomic E-state index is -3.58. The molecule has 1 amide bonds. The van der Waals surface area contributed by atoms with Gasteiger partial charge in [-0.25, -0.2) is 13.1 Å². The van der Waals surface area contributed by atoms with Crippen LogP contribution in [0.5, 0.6) is 0 Å². The average molecular weight is 385 g/mol. The number of sulfonamides is 1. The molecule has 7 heteroatoms. The molecule has 142 valence electrons. The Labute approximate surface area is 159 Å². The van der Waals surface area contributed by atoms with E-state index in [-0.39, 0.29) is 16.8 Å². The fraction of sp³-hybridized carbons (Fsp3) is 0.350. The zero-order valence-electron chi connectivity index (χ0n) is 15.0. The first-order chi connectivity index (χ1) is 13.0. The van der Waals surface area contributed by atoms with E-state index in [9.17, 15) is 13.2 Å². The monoisotopic (exact) mass is 385 g/mol. The summed E-state index contributed by atoms with van der Waals surface area (Å²) in [7, 11) is -3.58. The van der Waals surface area contributed by atoms with Crippen LogP contribution in [0.3, 0.4) is 0 Å². The van der Waals surface area contributed by atoms with E-state index in [1.165, 1.54) is 5.56 Å². The molecule has 4 rings (SSSR count). The van der Waals surface area contributed by atoms with Gasteiger partial charge < -0.3 is 5.32 Å². The highest BCUT2D eigenvalue weighted by atomic mass is 32.2. The van der Waals surface area contributed by atoms with Crippen molar-refractivity contribution in [2.24, 2.45) is 0 Å². The molecule has 1 saturated heterocycles. The van der Waals surface area contributed by atoms with E-state index >= 15 is 0 Å². The Bertz CT molecular complexity index is 944. The Morgan fingerprint density at radius 1 is 1.11 bits per heavy atom. The van der Waals surface area contributed by atoms with Crippen molar-refractivity contribution >= 4 is 21.6 Å². The van der Waals surface area contributed by atoms with Crippen LogP contribution < -0.4 is 10.0 Å². The highest BCUT2D eigenvalue weighted by Gasteiger charge is 2.28. The van der Waals surface area contributed by atoms with Gasteiger partial charge in [0.15, 0.2) is 0 Å². The smallest absolute Gasteiger partial charge is 0.240 e. The predicted octanol–water partition coefficient (Wildman–Crippen LogP) is 2.12. The molecule has 2 aliphatic rings. The van der Waals surface area contributed by atoms with Gasteiger partial charge in [-0.05, 0) is 42.2 Å². The van der Waals surface area contributed by atoms with E-state index in [1.54, 1.807) is 18.2 Å². The number of likely N-dealkylation sites (tertiary alicyclic amines) is 1. The van der Waals surface area contributed by atoms with Gasteiger partial charge in [-0.1, -0.05) is 30.3 Å². The molecular weight excluding hydrogens is 362 g/mol. The SMILES string of the molecule is O=C1CCc2cc(S(=O)(=O)NC3CCN(Cc4ccccc4)C3)ccc2N1. The number of hydrogen-bond acceptors (Lipinski definition) is 4. The Morgan fingerprint density at radius 3 is 2.74 bits per heavy atom. The molecule has 27 heavy (non-hydrogen) atoms. The largest absolute Gasteiger partial charge is 0.326 e. The first-order valence-electron chi connectivity index (χ1n) is 9.21. The summed E-state index contributed by atoms with van der Waals surface area (Å²) >= 11 is 0. The van der Waals surface area contributed by atoms with E-state index in [2.05, 4.69) is 27.1 Å². The molecule has 0 bridgehead atoms. The fourth-order valence-electron chi connectivity index (χ4n) is 3.73. The number of carbonyl (C=O) groups excluding carboxylic acids is 1. The third-order valence-electron chi connectivity index (χ3n) is 5.13. The molecule has 2 aliphatic heterocycles. The van der Waals surface area contributed by atoms with Gasteiger partial charge in [-0.3, -0.25) is 9.69 Å². The first kappa shape index (κ1) is 18.2. The van der Waals surface area contributed by atoms with Gasteiger partial charge in [-0.15, -0.1) is 0 Å². The zero-order valence-corrected chi connectivity index (χ0v) is 15.8. The number of fused-ring (bicyclic) bond motifs is 1. The molecule has 0 aliphatic carbocycles. The van der Waals surface area contributed by atoms with Crippen LogP contribution in [0.1, 0.15) is 24.0 Å². The van der Waals surface area contributed by atoms with Crippen molar-refractivity contribution in [3.63, 3.8) is 0 Å². The summed E-state index contributed by atoms with van der Waals surface area (Å²) < 4.78 is 28.4. The van der Waals surface area contributed by atoms with Crippen LogP contribution in [-0.2, 0) is 27.8 Å². The lowest BCUT2D eigenvalue weighted by Crippen LogP contribution is -2.37. The molecule has 6 nitrogen and oxygen atoms in total. The second kappa shape index (κ2) is 7.42. The Kier molecular flexibility index (Phi) is 4.99. The summed E-state index contributed by atoms with van der Waals surface area (Å²) in [5, 5.41) is 2.78. The highest BCUT2D eigenvalue weighted by molar-refractivity contribution is 7.89. The number of aryl methyl sites for hydroxylation is 1. The van der Waals surface area contributed by atoms with E-state index in [4.69, 9.17) is 0 Å². The first-order valence-corrected chi connectivity index (χ1v) is 10.7. The number of amides is 1. The fourth-order valence-corrected chi connectivity index (χ4v) is 5.04. The third kappa shape index (κ3) is 4.21. The van der Waals surface area contributed by atoms with Crippen LogP contribution in [0.25, 0.3) is 0 Å². The molecule has 0 spiro atoms. The Hall–Kier alpha value is -2.22. The van der Waals surface area contributed by atoms with E-state index < -0.39 is 10.0 Å². The quantitative estimate of drug-likeness (QED) is 0.826. The average Bonchev–Trinajstić information content (AvgIpc) is 3.08. The van der Waals surface area contributed by atoms with Crippen molar-refractivity contribution in [1.82, 2.24) is 9.62 Å². The molecule has 1 atom stereocenters. The summed E-state index contributed by atoms with van der Waals surface area (Å²) in [6.07, 6.45) is 1.76. The predicted molar refractivity (Wildman–Crippen MR) is 104 cm³/mol. The van der Waals surface area contributed by atoms with Crippen LogP contribution in [0, 0.1) is 0 Å². The number of nitrogens with zero attached hydrogens (tertiary/aromatic N) is 1. The number of nitrogens with one attached hydrogen (secondary N) is 2. The molecule has 2 N–H and O–H groups in total. The maximum absolute atomic E-state index is 12.8.